The van der Waals surface area contributed by atoms with Gasteiger partial charge in [0.2, 0.25) is 0 Å². The molecule has 1 saturated heterocycles. The van der Waals surface area contributed by atoms with Gasteiger partial charge in [-0.2, -0.15) is 13.2 Å². The summed E-state index contributed by atoms with van der Waals surface area (Å²) in [5, 5.41) is 10.9. The van der Waals surface area contributed by atoms with E-state index in [2.05, 4.69) is 10.3 Å². The van der Waals surface area contributed by atoms with Gasteiger partial charge in [0.05, 0.1) is 33.7 Å². The highest BCUT2D eigenvalue weighted by Crippen LogP contribution is 2.34. The molecule has 0 saturated carbocycles. The van der Waals surface area contributed by atoms with Crippen LogP contribution in [0.1, 0.15) is 30.0 Å². The Morgan fingerprint density at radius 1 is 1.18 bits per heavy atom. The van der Waals surface area contributed by atoms with Crippen molar-refractivity contribution in [1.82, 2.24) is 19.8 Å². The Balaban J connectivity index is 1.78. The van der Waals surface area contributed by atoms with Gasteiger partial charge in [0.1, 0.15) is 0 Å². The number of nitrogens with one attached hydrogen (secondary N) is 2. The molecule has 0 spiro atoms. The highest BCUT2D eigenvalue weighted by atomic mass is 35.5. The average Bonchev–Trinajstić information content (AvgIpc) is 3.26. The Morgan fingerprint density at radius 3 is 2.54 bits per heavy atom. The Bertz CT molecular complexity index is 1670. The minimum Gasteiger partial charge on any atom is -0.465 e. The number of hydrogen-bond acceptors (Lipinski definition) is 6. The molecule has 15 heteroatoms. The van der Waals surface area contributed by atoms with E-state index >= 15 is 0 Å². The molecule has 0 aliphatic carbocycles. The summed E-state index contributed by atoms with van der Waals surface area (Å²) in [5.41, 5.74) is -3.30. The van der Waals surface area contributed by atoms with Crippen LogP contribution >= 0.6 is 11.6 Å². The van der Waals surface area contributed by atoms with Gasteiger partial charge in [0.25, 0.3) is 5.56 Å². The molecule has 1 aromatic heterocycles. The Labute approximate surface area is 224 Å². The van der Waals surface area contributed by atoms with E-state index < -0.39 is 56.9 Å². The quantitative estimate of drug-likeness (QED) is 0.385. The van der Waals surface area contributed by atoms with Crippen molar-refractivity contribution in [3.63, 3.8) is 0 Å². The van der Waals surface area contributed by atoms with Crippen LogP contribution in [0.3, 0.4) is 0 Å². The van der Waals surface area contributed by atoms with Crippen LogP contribution in [-0.4, -0.2) is 59.0 Å². The van der Waals surface area contributed by atoms with E-state index in [1.807, 2.05) is 0 Å². The largest absolute Gasteiger partial charge is 0.465 e. The number of halogens is 4. The number of alkyl halides is 3. The molecule has 1 atom stereocenters. The van der Waals surface area contributed by atoms with Crippen LogP contribution < -0.4 is 16.6 Å². The van der Waals surface area contributed by atoms with Crippen molar-refractivity contribution in [2.45, 2.75) is 43.5 Å². The fourth-order valence-electron chi connectivity index (χ4n) is 4.69. The van der Waals surface area contributed by atoms with Gasteiger partial charge >= 0.3 is 18.0 Å². The number of rotatable bonds is 7. The topological polar surface area (TPSA) is 142 Å². The second-order valence-corrected chi connectivity index (χ2v) is 11.9. The number of sulfone groups is 1. The summed E-state index contributed by atoms with van der Waals surface area (Å²) >= 11 is 6.01. The number of carbonyl (C=O) groups is 1. The highest BCUT2D eigenvalue weighted by molar-refractivity contribution is 7.91. The van der Waals surface area contributed by atoms with Crippen molar-refractivity contribution < 1.29 is 31.5 Å². The van der Waals surface area contributed by atoms with Crippen molar-refractivity contribution in [3.8, 4) is 0 Å². The fourth-order valence-corrected chi connectivity index (χ4v) is 6.00. The number of carboxylic acid groups (broad SMARTS) is 1. The van der Waals surface area contributed by atoms with Crippen LogP contribution in [0.2, 0.25) is 5.02 Å². The van der Waals surface area contributed by atoms with Gasteiger partial charge < -0.3 is 15.4 Å². The number of H-pyrrole nitrogens is 1. The van der Waals surface area contributed by atoms with Gasteiger partial charge in [0, 0.05) is 30.7 Å². The van der Waals surface area contributed by atoms with Crippen LogP contribution in [0.5, 0.6) is 0 Å². The molecule has 0 bridgehead atoms. The van der Waals surface area contributed by atoms with Crippen molar-refractivity contribution in [1.29, 1.82) is 0 Å². The Kier molecular flexibility index (Phi) is 7.83. The standard InChI is InChI=1S/C24H24ClF3N4O6S/c1-2-39(37,38)20-4-3-15(25)7-14(20)11-32-21(33)17-9-18(24(26,27)28)13(8-19(17)30-22(32)34)10-31-6-5-16(12-31)29-23(35)36/h3-4,7-9,16,29H,2,5-6,10-12H2,1H3,(H,30,34)(H,35,36). The third kappa shape index (κ3) is 6.12. The molecule has 39 heavy (non-hydrogen) atoms. The van der Waals surface area contributed by atoms with Crippen LogP contribution in [-0.2, 0) is 29.1 Å². The van der Waals surface area contributed by atoms with E-state index in [1.54, 1.807) is 4.90 Å². The summed E-state index contributed by atoms with van der Waals surface area (Å²) in [7, 11) is -3.76. The van der Waals surface area contributed by atoms with Gasteiger partial charge in [-0.05, 0) is 47.9 Å². The molecular weight excluding hydrogens is 565 g/mol. The zero-order valence-corrected chi connectivity index (χ0v) is 22.1. The van der Waals surface area contributed by atoms with E-state index in [0.717, 1.165) is 6.07 Å². The third-order valence-electron chi connectivity index (χ3n) is 6.57. The molecule has 0 radical (unpaired) electrons. The first kappa shape index (κ1) is 28.6. The number of aromatic nitrogens is 2. The Hall–Kier alpha value is -3.36. The van der Waals surface area contributed by atoms with Gasteiger partial charge in [-0.15, -0.1) is 0 Å². The second kappa shape index (κ2) is 10.7. The predicted octanol–water partition coefficient (Wildman–Crippen LogP) is 3.05. The van der Waals surface area contributed by atoms with E-state index in [9.17, 15) is 36.0 Å². The number of nitrogens with zero attached hydrogens (tertiary/aromatic N) is 2. The van der Waals surface area contributed by atoms with Crippen molar-refractivity contribution in [3.05, 3.63) is 72.9 Å². The maximum absolute atomic E-state index is 14.1. The van der Waals surface area contributed by atoms with Crippen LogP contribution in [0.25, 0.3) is 10.9 Å². The molecule has 1 aliphatic rings. The second-order valence-electron chi connectivity index (χ2n) is 9.20. The lowest BCUT2D eigenvalue weighted by Gasteiger charge is -2.20. The van der Waals surface area contributed by atoms with Gasteiger partial charge in [0.15, 0.2) is 9.84 Å². The van der Waals surface area contributed by atoms with Gasteiger partial charge in [-0.3, -0.25) is 14.3 Å². The number of fused-ring (bicyclic) bond motifs is 1. The SMILES string of the molecule is CCS(=O)(=O)c1ccc(Cl)cc1Cn1c(=O)[nH]c2cc(CN3CCC(NC(=O)O)C3)c(C(F)(F)F)cc2c1=O. The van der Waals surface area contributed by atoms with Crippen LogP contribution in [0.15, 0.2) is 44.8 Å². The summed E-state index contributed by atoms with van der Waals surface area (Å²) in [6.45, 7) is 1.25. The van der Waals surface area contributed by atoms with E-state index in [4.69, 9.17) is 16.7 Å². The van der Waals surface area contributed by atoms with E-state index in [1.165, 1.54) is 25.1 Å². The monoisotopic (exact) mass is 588 g/mol. The van der Waals surface area contributed by atoms with Crippen LogP contribution in [0, 0.1) is 0 Å². The van der Waals surface area contributed by atoms with E-state index in [0.29, 0.717) is 23.6 Å². The minimum absolute atomic E-state index is 0.0440. The lowest BCUT2D eigenvalue weighted by atomic mass is 10.0. The lowest BCUT2D eigenvalue weighted by molar-refractivity contribution is -0.138. The van der Waals surface area contributed by atoms with Gasteiger partial charge in [-0.25, -0.2) is 18.0 Å². The smallest absolute Gasteiger partial charge is 0.416 e. The lowest BCUT2D eigenvalue weighted by Crippen LogP contribution is -2.36. The Morgan fingerprint density at radius 2 is 1.90 bits per heavy atom. The fraction of sp³-hybridized carbons (Fsp3) is 0.375. The highest BCUT2D eigenvalue weighted by Gasteiger charge is 2.35. The maximum atomic E-state index is 14.1. The molecule has 1 aliphatic heterocycles. The molecule has 10 nitrogen and oxygen atoms in total. The number of amides is 1. The zero-order chi connectivity index (χ0) is 28.7. The minimum atomic E-state index is -4.83. The molecule has 3 N–H and O–H groups in total. The summed E-state index contributed by atoms with van der Waals surface area (Å²) < 4.78 is 67.9. The maximum Gasteiger partial charge on any atom is 0.416 e. The normalized spacial score (nSPS) is 16.6. The van der Waals surface area contributed by atoms with Crippen LogP contribution in [0.4, 0.5) is 18.0 Å². The number of aromatic amines is 1. The summed E-state index contributed by atoms with van der Waals surface area (Å²) in [4.78, 5) is 41.0. The summed E-state index contributed by atoms with van der Waals surface area (Å²) in [5.74, 6) is -0.257. The first-order valence-electron chi connectivity index (χ1n) is 11.8. The molecule has 210 valence electrons. The molecule has 2 aromatic carbocycles. The first-order chi connectivity index (χ1) is 18.2. The van der Waals surface area contributed by atoms with Crippen molar-refractivity contribution in [2.75, 3.05) is 18.8 Å². The predicted molar refractivity (Wildman–Crippen MR) is 137 cm³/mol. The molecular formula is C24H24ClF3N4O6S. The average molecular weight is 589 g/mol. The summed E-state index contributed by atoms with van der Waals surface area (Å²) in [6, 6.07) is 5.21. The molecule has 1 unspecified atom stereocenters. The zero-order valence-electron chi connectivity index (χ0n) is 20.5. The first-order valence-corrected chi connectivity index (χ1v) is 13.8. The van der Waals surface area contributed by atoms with Crippen molar-refractivity contribution >= 4 is 38.4 Å². The molecule has 4 rings (SSSR count). The number of hydrogen-bond donors (Lipinski definition) is 3. The number of benzene rings is 2. The molecule has 1 fully saturated rings. The van der Waals surface area contributed by atoms with E-state index in [-0.39, 0.29) is 45.4 Å². The molecule has 1 amide bonds. The molecule has 2 heterocycles. The van der Waals surface area contributed by atoms with Gasteiger partial charge in [-0.1, -0.05) is 18.5 Å². The number of likely N-dealkylation sites (tertiary alicyclic amines) is 1. The molecule has 3 aromatic rings. The summed E-state index contributed by atoms with van der Waals surface area (Å²) in [6.07, 6.45) is -5.64. The third-order valence-corrected chi connectivity index (χ3v) is 8.63. The van der Waals surface area contributed by atoms with Crippen molar-refractivity contribution in [2.24, 2.45) is 0 Å².